The van der Waals surface area contributed by atoms with Crippen LogP contribution in [0.3, 0.4) is 0 Å². The molecule has 0 bridgehead atoms. The van der Waals surface area contributed by atoms with Gasteiger partial charge in [-0.15, -0.1) is 0 Å². The lowest BCUT2D eigenvalue weighted by Gasteiger charge is -2.36. The summed E-state index contributed by atoms with van der Waals surface area (Å²) in [5.41, 5.74) is 0.560. The van der Waals surface area contributed by atoms with Gasteiger partial charge in [-0.3, -0.25) is 4.79 Å². The molecule has 1 amide bonds. The monoisotopic (exact) mass is 374 g/mol. The van der Waals surface area contributed by atoms with Gasteiger partial charge in [0.05, 0.1) is 0 Å². The Morgan fingerprint density at radius 2 is 2.00 bits per heavy atom. The van der Waals surface area contributed by atoms with E-state index in [1.165, 1.54) is 10.5 Å². The van der Waals surface area contributed by atoms with Crippen molar-refractivity contribution in [3.05, 3.63) is 36.7 Å². The second-order valence-corrected chi connectivity index (χ2v) is 8.67. The molecular weight excluding hydrogens is 352 g/mol. The van der Waals surface area contributed by atoms with Gasteiger partial charge in [0.2, 0.25) is 15.9 Å². The van der Waals surface area contributed by atoms with E-state index >= 15 is 0 Å². The van der Waals surface area contributed by atoms with Crippen molar-refractivity contribution in [1.29, 1.82) is 0 Å². The Bertz CT molecular complexity index is 942. The SMILES string of the molecule is O=C([C@@H]1CC=CCC1)N1CCN(S(=O)(=O)c2c[nH]c3ncccc23)CC1. The van der Waals surface area contributed by atoms with Crippen LogP contribution in [-0.4, -0.2) is 59.7 Å². The summed E-state index contributed by atoms with van der Waals surface area (Å²) < 4.78 is 27.5. The fourth-order valence-corrected chi connectivity index (χ4v) is 5.28. The van der Waals surface area contributed by atoms with Gasteiger partial charge < -0.3 is 9.88 Å². The van der Waals surface area contributed by atoms with Gasteiger partial charge in [0, 0.05) is 49.9 Å². The molecule has 0 spiro atoms. The van der Waals surface area contributed by atoms with E-state index in [0.29, 0.717) is 37.2 Å². The quantitative estimate of drug-likeness (QED) is 0.830. The highest BCUT2D eigenvalue weighted by atomic mass is 32.2. The molecule has 26 heavy (non-hydrogen) atoms. The Morgan fingerprint density at radius 1 is 1.19 bits per heavy atom. The fraction of sp³-hybridized carbons (Fsp3) is 0.444. The molecule has 1 N–H and O–H groups in total. The molecule has 0 aromatic carbocycles. The van der Waals surface area contributed by atoms with Crippen LogP contribution < -0.4 is 0 Å². The van der Waals surface area contributed by atoms with Crippen LogP contribution in [0.25, 0.3) is 11.0 Å². The summed E-state index contributed by atoms with van der Waals surface area (Å²) in [6.07, 6.45) is 9.93. The molecule has 1 aliphatic carbocycles. The molecule has 1 fully saturated rings. The van der Waals surface area contributed by atoms with Gasteiger partial charge in [0.1, 0.15) is 10.5 Å². The Morgan fingerprint density at radius 3 is 2.73 bits per heavy atom. The Hall–Kier alpha value is -2.19. The maximum absolute atomic E-state index is 13.0. The van der Waals surface area contributed by atoms with Crippen molar-refractivity contribution in [2.75, 3.05) is 26.2 Å². The number of aromatic amines is 1. The molecule has 4 rings (SSSR count). The molecule has 8 heteroatoms. The van der Waals surface area contributed by atoms with Crippen molar-refractivity contribution in [1.82, 2.24) is 19.2 Å². The number of piperazine rings is 1. The average molecular weight is 374 g/mol. The van der Waals surface area contributed by atoms with Crippen molar-refractivity contribution in [2.45, 2.75) is 24.2 Å². The van der Waals surface area contributed by atoms with Crippen molar-refractivity contribution in [3.63, 3.8) is 0 Å². The van der Waals surface area contributed by atoms with Crippen LogP contribution in [0.4, 0.5) is 0 Å². The summed E-state index contributed by atoms with van der Waals surface area (Å²) in [5.74, 6) is 0.200. The number of sulfonamides is 1. The molecule has 1 saturated heterocycles. The summed E-state index contributed by atoms with van der Waals surface area (Å²) >= 11 is 0. The predicted molar refractivity (Wildman–Crippen MR) is 97.9 cm³/mol. The van der Waals surface area contributed by atoms with Gasteiger partial charge in [-0.25, -0.2) is 13.4 Å². The van der Waals surface area contributed by atoms with Crippen LogP contribution in [0.1, 0.15) is 19.3 Å². The van der Waals surface area contributed by atoms with Crippen molar-refractivity contribution in [3.8, 4) is 0 Å². The van der Waals surface area contributed by atoms with E-state index in [1.807, 2.05) is 4.90 Å². The molecule has 7 nitrogen and oxygen atoms in total. The second-order valence-electron chi connectivity index (χ2n) is 6.76. The number of carbonyl (C=O) groups excluding carboxylic acids is 1. The molecule has 2 aromatic heterocycles. The summed E-state index contributed by atoms with van der Waals surface area (Å²) in [6.45, 7) is 1.53. The molecule has 3 heterocycles. The lowest BCUT2D eigenvalue weighted by molar-refractivity contribution is -0.137. The number of H-pyrrole nitrogens is 1. The normalized spacial score (nSPS) is 22.0. The number of fused-ring (bicyclic) bond motifs is 1. The molecule has 1 aliphatic heterocycles. The van der Waals surface area contributed by atoms with Crippen molar-refractivity contribution < 1.29 is 13.2 Å². The maximum atomic E-state index is 13.0. The van der Waals surface area contributed by atoms with E-state index in [4.69, 9.17) is 0 Å². The number of carbonyl (C=O) groups is 1. The molecule has 0 saturated carbocycles. The van der Waals surface area contributed by atoms with Gasteiger partial charge in [-0.1, -0.05) is 12.2 Å². The molecule has 2 aromatic rings. The van der Waals surface area contributed by atoms with E-state index in [9.17, 15) is 13.2 Å². The van der Waals surface area contributed by atoms with E-state index < -0.39 is 10.0 Å². The number of aromatic nitrogens is 2. The van der Waals surface area contributed by atoms with Gasteiger partial charge in [-0.05, 0) is 31.4 Å². The molecule has 0 radical (unpaired) electrons. The first kappa shape index (κ1) is 17.2. The van der Waals surface area contributed by atoms with Gasteiger partial charge >= 0.3 is 0 Å². The Balaban J connectivity index is 1.47. The van der Waals surface area contributed by atoms with Crippen molar-refractivity contribution in [2.24, 2.45) is 5.92 Å². The zero-order valence-electron chi connectivity index (χ0n) is 14.5. The number of hydrogen-bond acceptors (Lipinski definition) is 4. The number of nitrogens with zero attached hydrogens (tertiary/aromatic N) is 3. The topological polar surface area (TPSA) is 86.4 Å². The van der Waals surface area contributed by atoms with Gasteiger partial charge in [0.15, 0.2) is 0 Å². The number of pyridine rings is 1. The minimum Gasteiger partial charge on any atom is -0.345 e. The molecule has 0 unspecified atom stereocenters. The zero-order chi connectivity index (χ0) is 18.1. The highest BCUT2D eigenvalue weighted by Crippen LogP contribution is 2.26. The number of amides is 1. The van der Waals surface area contributed by atoms with Crippen LogP contribution in [0.15, 0.2) is 41.6 Å². The Kier molecular flexibility index (Phi) is 4.54. The largest absolute Gasteiger partial charge is 0.345 e. The minimum absolute atomic E-state index is 0.0443. The number of nitrogens with one attached hydrogen (secondary N) is 1. The third-order valence-electron chi connectivity index (χ3n) is 5.20. The number of allylic oxidation sites excluding steroid dienone is 2. The standard InChI is InChI=1S/C18H22N4O3S/c23-18(14-5-2-1-3-6-14)21-9-11-22(12-10-21)26(24,25)16-13-20-17-15(16)7-4-8-19-17/h1-2,4,7-8,13-14H,3,5-6,9-12H2,(H,19,20)/t14-/m1/s1. The van der Waals surface area contributed by atoms with Crippen LogP contribution in [-0.2, 0) is 14.8 Å². The summed E-state index contributed by atoms with van der Waals surface area (Å²) in [7, 11) is -3.61. The van der Waals surface area contributed by atoms with Crippen LogP contribution in [0, 0.1) is 5.92 Å². The third-order valence-corrected chi connectivity index (χ3v) is 7.14. The molecular formula is C18H22N4O3S. The van der Waals surface area contributed by atoms with Crippen LogP contribution >= 0.6 is 0 Å². The summed E-state index contributed by atoms with van der Waals surface area (Å²) in [4.78, 5) is 21.7. The average Bonchev–Trinajstić information content (AvgIpc) is 3.13. The molecule has 2 aliphatic rings. The first-order valence-electron chi connectivity index (χ1n) is 8.93. The fourth-order valence-electron chi connectivity index (χ4n) is 3.71. The number of rotatable bonds is 3. The maximum Gasteiger partial charge on any atom is 0.245 e. The van der Waals surface area contributed by atoms with E-state index in [1.54, 1.807) is 18.3 Å². The highest BCUT2D eigenvalue weighted by Gasteiger charge is 2.33. The Labute approximate surface area is 152 Å². The first-order chi connectivity index (χ1) is 12.6. The summed E-state index contributed by atoms with van der Waals surface area (Å²) in [6, 6.07) is 3.48. The minimum atomic E-state index is -3.61. The third kappa shape index (κ3) is 3.03. The highest BCUT2D eigenvalue weighted by molar-refractivity contribution is 7.89. The molecule has 1 atom stereocenters. The van der Waals surface area contributed by atoms with Gasteiger partial charge in [-0.2, -0.15) is 4.31 Å². The van der Waals surface area contributed by atoms with Gasteiger partial charge in [0.25, 0.3) is 0 Å². The molecule has 138 valence electrons. The summed E-state index contributed by atoms with van der Waals surface area (Å²) in [5, 5.41) is 0.597. The van der Waals surface area contributed by atoms with E-state index in [-0.39, 0.29) is 16.7 Å². The smallest absolute Gasteiger partial charge is 0.245 e. The first-order valence-corrected chi connectivity index (χ1v) is 10.4. The number of hydrogen-bond donors (Lipinski definition) is 1. The van der Waals surface area contributed by atoms with E-state index in [2.05, 4.69) is 22.1 Å². The van der Waals surface area contributed by atoms with Crippen LogP contribution in [0.5, 0.6) is 0 Å². The van der Waals surface area contributed by atoms with Crippen LogP contribution in [0.2, 0.25) is 0 Å². The lowest BCUT2D eigenvalue weighted by atomic mass is 9.93. The zero-order valence-corrected chi connectivity index (χ0v) is 15.3. The van der Waals surface area contributed by atoms with Crippen molar-refractivity contribution >= 4 is 27.0 Å². The van der Waals surface area contributed by atoms with E-state index in [0.717, 1.165) is 19.3 Å². The predicted octanol–water partition coefficient (Wildman–Crippen LogP) is 1.75. The lowest BCUT2D eigenvalue weighted by Crippen LogP contribution is -2.51. The second kappa shape index (κ2) is 6.85.